The number of hydrazine groups is 1. The molecule has 0 unspecified atom stereocenters. The van der Waals surface area contributed by atoms with Crippen LogP contribution in [-0.2, 0) is 26.0 Å². The summed E-state index contributed by atoms with van der Waals surface area (Å²) < 4.78 is 47.8. The average Bonchev–Trinajstić information content (AvgIpc) is 3.31. The lowest BCUT2D eigenvalue weighted by atomic mass is 10.1. The maximum absolute atomic E-state index is 12.7. The van der Waals surface area contributed by atoms with Gasteiger partial charge >= 0.3 is 0 Å². The van der Waals surface area contributed by atoms with Crippen molar-refractivity contribution in [1.29, 1.82) is 0 Å². The first-order valence-corrected chi connectivity index (χ1v) is 12.1. The number of rotatable bonds is 8. The fraction of sp³-hybridized carbons (Fsp3) is 0.400. The number of nitrogens with zero attached hydrogens (tertiary/aromatic N) is 1. The molecular weight excluding hydrogens is 474 g/mol. The standard InChI is InChI=1S/C20H25N3O8S2/c1-28-15-10-13(11-16(29-2)19(15)30-3)20(25)22-21-17(24)12-14-4-5-18(32-14)33(26,27)23-6-8-31-9-7-23/h4-5,10-11H,6-9,12H2,1-3H3,(H,21,24)(H,22,25). The van der Waals surface area contributed by atoms with Crippen LogP contribution in [0.25, 0.3) is 0 Å². The maximum Gasteiger partial charge on any atom is 0.269 e. The third kappa shape index (κ3) is 5.74. The molecular formula is C20H25N3O8S2. The number of thiophene rings is 1. The second-order valence-electron chi connectivity index (χ2n) is 6.83. The van der Waals surface area contributed by atoms with Gasteiger partial charge in [-0.05, 0) is 24.3 Å². The van der Waals surface area contributed by atoms with Crippen LogP contribution in [0.2, 0.25) is 0 Å². The van der Waals surface area contributed by atoms with Crippen molar-refractivity contribution in [2.24, 2.45) is 0 Å². The third-order valence-corrected chi connectivity index (χ3v) is 8.23. The van der Waals surface area contributed by atoms with E-state index in [9.17, 15) is 18.0 Å². The Hall–Kier alpha value is -2.87. The molecule has 0 saturated carbocycles. The quantitative estimate of drug-likeness (QED) is 0.510. The molecule has 2 aromatic rings. The summed E-state index contributed by atoms with van der Waals surface area (Å²) in [7, 11) is 0.677. The summed E-state index contributed by atoms with van der Waals surface area (Å²) in [6.45, 7) is 1.29. The molecule has 1 saturated heterocycles. The van der Waals surface area contributed by atoms with Gasteiger partial charge in [0.15, 0.2) is 11.5 Å². The van der Waals surface area contributed by atoms with Gasteiger partial charge in [0, 0.05) is 23.5 Å². The highest BCUT2D eigenvalue weighted by atomic mass is 32.2. The number of morpholine rings is 1. The highest BCUT2D eigenvalue weighted by molar-refractivity contribution is 7.91. The zero-order valence-electron chi connectivity index (χ0n) is 18.4. The molecule has 0 bridgehead atoms. The zero-order valence-corrected chi connectivity index (χ0v) is 20.0. The van der Waals surface area contributed by atoms with E-state index >= 15 is 0 Å². The van der Waals surface area contributed by atoms with Gasteiger partial charge in [0.1, 0.15) is 4.21 Å². The van der Waals surface area contributed by atoms with Crippen molar-refractivity contribution in [3.8, 4) is 17.2 Å². The van der Waals surface area contributed by atoms with E-state index in [1.165, 1.54) is 43.8 Å². The number of methoxy groups -OCH3 is 3. The van der Waals surface area contributed by atoms with Gasteiger partial charge in [0.2, 0.25) is 11.7 Å². The number of nitrogens with one attached hydrogen (secondary N) is 2. The number of carbonyl (C=O) groups excluding carboxylic acids is 2. The second kappa shape index (κ2) is 10.8. The summed E-state index contributed by atoms with van der Waals surface area (Å²) in [5.41, 5.74) is 4.83. The second-order valence-corrected chi connectivity index (χ2v) is 10.2. The lowest BCUT2D eigenvalue weighted by Gasteiger charge is -2.25. The minimum atomic E-state index is -3.62. The summed E-state index contributed by atoms with van der Waals surface area (Å²) >= 11 is 1.02. The molecule has 0 atom stereocenters. The topological polar surface area (TPSA) is 132 Å². The molecule has 1 aliphatic rings. The molecule has 1 aliphatic heterocycles. The number of carbonyl (C=O) groups is 2. The van der Waals surface area contributed by atoms with Crippen molar-refractivity contribution < 1.29 is 37.0 Å². The molecule has 2 N–H and O–H groups in total. The molecule has 0 aliphatic carbocycles. The van der Waals surface area contributed by atoms with Crippen molar-refractivity contribution >= 4 is 33.2 Å². The molecule has 1 fully saturated rings. The Balaban J connectivity index is 1.60. The van der Waals surface area contributed by atoms with Crippen LogP contribution < -0.4 is 25.1 Å². The van der Waals surface area contributed by atoms with Crippen molar-refractivity contribution in [2.75, 3.05) is 47.6 Å². The van der Waals surface area contributed by atoms with E-state index in [0.717, 1.165) is 11.3 Å². The van der Waals surface area contributed by atoms with Crippen LogP contribution in [0, 0.1) is 0 Å². The Morgan fingerprint density at radius 1 is 1.03 bits per heavy atom. The zero-order chi connectivity index (χ0) is 24.0. The first-order valence-electron chi connectivity index (χ1n) is 9.86. The number of hydrogen-bond acceptors (Lipinski definition) is 9. The summed E-state index contributed by atoms with van der Waals surface area (Å²) in [5, 5.41) is 0. The molecule has 180 valence electrons. The average molecular weight is 500 g/mol. The van der Waals surface area contributed by atoms with E-state index in [2.05, 4.69) is 10.9 Å². The van der Waals surface area contributed by atoms with Crippen LogP contribution in [0.5, 0.6) is 17.2 Å². The molecule has 0 radical (unpaired) electrons. The largest absolute Gasteiger partial charge is 0.493 e. The van der Waals surface area contributed by atoms with Gasteiger partial charge < -0.3 is 18.9 Å². The molecule has 2 heterocycles. The SMILES string of the molecule is COc1cc(C(=O)NNC(=O)Cc2ccc(S(=O)(=O)N3CCOCC3)s2)cc(OC)c1OC. The predicted octanol–water partition coefficient (Wildman–Crippen LogP) is 0.799. The Kier molecular flexibility index (Phi) is 8.13. The minimum absolute atomic E-state index is 0.0984. The maximum atomic E-state index is 12.7. The molecule has 33 heavy (non-hydrogen) atoms. The van der Waals surface area contributed by atoms with E-state index in [1.54, 1.807) is 6.07 Å². The fourth-order valence-corrected chi connectivity index (χ4v) is 6.04. The van der Waals surface area contributed by atoms with E-state index in [4.69, 9.17) is 18.9 Å². The molecule has 13 heteroatoms. The van der Waals surface area contributed by atoms with Crippen molar-refractivity contribution in [3.05, 3.63) is 34.7 Å². The molecule has 11 nitrogen and oxygen atoms in total. The monoisotopic (exact) mass is 499 g/mol. The normalized spacial score (nSPS) is 14.4. The lowest BCUT2D eigenvalue weighted by Crippen LogP contribution is -2.42. The highest BCUT2D eigenvalue weighted by Crippen LogP contribution is 2.38. The molecule has 0 spiro atoms. The number of amides is 2. The van der Waals surface area contributed by atoms with Gasteiger partial charge in [-0.25, -0.2) is 8.42 Å². The summed E-state index contributed by atoms with van der Waals surface area (Å²) in [5.74, 6) is -0.180. The fourth-order valence-electron chi connectivity index (χ4n) is 3.12. The molecule has 1 aromatic heterocycles. The summed E-state index contributed by atoms with van der Waals surface area (Å²) in [6.07, 6.45) is -0.0984. The van der Waals surface area contributed by atoms with E-state index in [0.29, 0.717) is 48.4 Å². The van der Waals surface area contributed by atoms with E-state index in [-0.39, 0.29) is 16.2 Å². The number of benzene rings is 1. The van der Waals surface area contributed by atoms with Crippen LogP contribution in [0.15, 0.2) is 28.5 Å². The Labute approximate surface area is 195 Å². The van der Waals surface area contributed by atoms with E-state index in [1.807, 2.05) is 0 Å². The smallest absolute Gasteiger partial charge is 0.269 e. The Morgan fingerprint density at radius 2 is 1.67 bits per heavy atom. The van der Waals surface area contributed by atoms with E-state index < -0.39 is 21.8 Å². The third-order valence-electron chi connectivity index (χ3n) is 4.78. The van der Waals surface area contributed by atoms with Gasteiger partial charge in [-0.2, -0.15) is 4.31 Å². The highest BCUT2D eigenvalue weighted by Gasteiger charge is 2.28. The minimum Gasteiger partial charge on any atom is -0.493 e. The molecule has 3 rings (SSSR count). The van der Waals surface area contributed by atoms with Gasteiger partial charge in [-0.3, -0.25) is 20.4 Å². The van der Waals surface area contributed by atoms with Gasteiger partial charge in [-0.15, -0.1) is 11.3 Å². The lowest BCUT2D eigenvalue weighted by molar-refractivity contribution is -0.121. The number of sulfonamides is 1. The first-order chi connectivity index (χ1) is 15.8. The van der Waals surface area contributed by atoms with Crippen LogP contribution in [0.4, 0.5) is 0 Å². The van der Waals surface area contributed by atoms with Gasteiger partial charge in [-0.1, -0.05) is 0 Å². The predicted molar refractivity (Wildman–Crippen MR) is 119 cm³/mol. The summed E-state index contributed by atoms with van der Waals surface area (Å²) in [6, 6.07) is 5.96. The molecule has 2 amide bonds. The van der Waals surface area contributed by atoms with Crippen LogP contribution in [0.3, 0.4) is 0 Å². The van der Waals surface area contributed by atoms with Crippen molar-refractivity contribution in [1.82, 2.24) is 15.2 Å². The Morgan fingerprint density at radius 3 is 2.24 bits per heavy atom. The first kappa shape index (κ1) is 24.8. The Bertz CT molecular complexity index is 1090. The van der Waals surface area contributed by atoms with Crippen LogP contribution in [-0.4, -0.2) is 72.2 Å². The van der Waals surface area contributed by atoms with Crippen molar-refractivity contribution in [3.63, 3.8) is 0 Å². The van der Waals surface area contributed by atoms with Crippen molar-refractivity contribution in [2.45, 2.75) is 10.6 Å². The van der Waals surface area contributed by atoms with Gasteiger partial charge in [0.05, 0.1) is 41.0 Å². The number of hydrogen-bond donors (Lipinski definition) is 2. The van der Waals surface area contributed by atoms with Crippen LogP contribution in [0.1, 0.15) is 15.2 Å². The van der Waals surface area contributed by atoms with Gasteiger partial charge in [0.25, 0.3) is 15.9 Å². The molecule has 1 aromatic carbocycles. The number of ether oxygens (including phenoxy) is 4. The summed E-state index contributed by atoms with van der Waals surface area (Å²) in [4.78, 5) is 25.3. The van der Waals surface area contributed by atoms with Crippen LogP contribution >= 0.6 is 11.3 Å².